The van der Waals surface area contributed by atoms with Crippen molar-refractivity contribution in [1.29, 1.82) is 0 Å². The molecule has 56 heavy (non-hydrogen) atoms. The van der Waals surface area contributed by atoms with Crippen molar-refractivity contribution >= 4 is 28.4 Å². The van der Waals surface area contributed by atoms with E-state index in [0.717, 1.165) is 35.6 Å². The standard InChI is InChI=1S/C54H50N2/c1-7-10-13-14-37-54(5)52-38-40(4)17-35-50(52)51-36-34-49(39-53(51)54)56(47-28-20-42(21-29-47)16-12-9-3)48-32-24-44(25-33-48)43-22-30-46(31-23-43)55(6)45-26-18-41(19-27-45)15-11-8-2/h1,17-36,38-39H,8-9,11-12,15-16H2,2-6H3. The highest BCUT2D eigenvalue weighted by molar-refractivity contribution is 5.87. The SMILES string of the molecule is C#CC#CC#CC1(C)c2cc(C)ccc2-c2ccc(N(c3ccc(CCCC)cc3)c3ccc(-c4ccc(N(C)c5ccc(CCCC)cc5)cc4)cc3)cc21. The first-order chi connectivity index (χ1) is 27.3. The van der Waals surface area contributed by atoms with E-state index in [0.29, 0.717) is 0 Å². The number of fused-ring (bicyclic) bond motifs is 3. The molecule has 6 aromatic rings. The molecule has 2 nitrogen and oxygen atoms in total. The van der Waals surface area contributed by atoms with Crippen LogP contribution in [0.4, 0.5) is 28.4 Å². The van der Waals surface area contributed by atoms with E-state index in [1.807, 2.05) is 0 Å². The molecule has 1 unspecified atom stereocenters. The fraction of sp³-hybridized carbons (Fsp3) is 0.222. The molecular formula is C54H50N2. The summed E-state index contributed by atoms with van der Waals surface area (Å²) >= 11 is 0. The molecule has 0 radical (unpaired) electrons. The van der Waals surface area contributed by atoms with Gasteiger partial charge in [-0.3, -0.25) is 0 Å². The van der Waals surface area contributed by atoms with Gasteiger partial charge in [0.1, 0.15) is 0 Å². The van der Waals surface area contributed by atoms with Crippen molar-refractivity contribution in [2.75, 3.05) is 16.8 Å². The lowest BCUT2D eigenvalue weighted by Crippen LogP contribution is -2.19. The van der Waals surface area contributed by atoms with Crippen molar-refractivity contribution < 1.29 is 0 Å². The Balaban J connectivity index is 1.22. The van der Waals surface area contributed by atoms with Crippen molar-refractivity contribution in [2.24, 2.45) is 0 Å². The Morgan fingerprint density at radius 2 is 1.00 bits per heavy atom. The second-order valence-electron chi connectivity index (χ2n) is 15.1. The largest absolute Gasteiger partial charge is 0.345 e. The van der Waals surface area contributed by atoms with Crippen LogP contribution in [0.2, 0.25) is 0 Å². The van der Waals surface area contributed by atoms with E-state index in [-0.39, 0.29) is 0 Å². The Bertz CT molecular complexity index is 2480. The second kappa shape index (κ2) is 17.0. The minimum Gasteiger partial charge on any atom is -0.345 e. The number of unbranched alkanes of at least 4 members (excludes halogenated alkanes) is 2. The third-order valence-electron chi connectivity index (χ3n) is 11.2. The Hall–Kier alpha value is -6.40. The van der Waals surface area contributed by atoms with Crippen molar-refractivity contribution in [3.05, 3.63) is 161 Å². The molecule has 0 fully saturated rings. The molecule has 276 valence electrons. The summed E-state index contributed by atoms with van der Waals surface area (Å²) in [4.78, 5) is 4.61. The highest BCUT2D eigenvalue weighted by Crippen LogP contribution is 2.51. The molecule has 6 aromatic carbocycles. The van der Waals surface area contributed by atoms with Gasteiger partial charge in [-0.2, -0.15) is 0 Å². The van der Waals surface area contributed by atoms with Crippen LogP contribution in [0.5, 0.6) is 0 Å². The summed E-state index contributed by atoms with van der Waals surface area (Å²) in [6, 6.07) is 49.3. The Labute approximate surface area is 335 Å². The normalized spacial score (nSPS) is 13.6. The maximum Gasteiger partial charge on any atom is 0.0806 e. The van der Waals surface area contributed by atoms with Gasteiger partial charge in [-0.15, -0.1) is 6.42 Å². The van der Waals surface area contributed by atoms with Gasteiger partial charge in [0, 0.05) is 35.5 Å². The number of aryl methyl sites for hydroxylation is 3. The molecule has 1 atom stereocenters. The lowest BCUT2D eigenvalue weighted by Gasteiger charge is -2.28. The van der Waals surface area contributed by atoms with Crippen LogP contribution in [0.25, 0.3) is 22.3 Å². The van der Waals surface area contributed by atoms with Crippen LogP contribution >= 0.6 is 0 Å². The highest BCUT2D eigenvalue weighted by Gasteiger charge is 2.39. The van der Waals surface area contributed by atoms with Crippen molar-refractivity contribution in [1.82, 2.24) is 0 Å². The molecule has 0 amide bonds. The number of rotatable bonds is 12. The van der Waals surface area contributed by atoms with Gasteiger partial charge >= 0.3 is 0 Å². The Kier molecular flexibility index (Phi) is 11.5. The predicted molar refractivity (Wildman–Crippen MR) is 239 cm³/mol. The number of nitrogens with zero attached hydrogens (tertiary/aromatic N) is 2. The quantitative estimate of drug-likeness (QED) is 0.116. The summed E-state index contributed by atoms with van der Waals surface area (Å²) < 4.78 is 0. The third kappa shape index (κ3) is 7.87. The van der Waals surface area contributed by atoms with Crippen LogP contribution in [0.3, 0.4) is 0 Å². The molecule has 0 spiro atoms. The number of terminal acetylenes is 1. The van der Waals surface area contributed by atoms with Gasteiger partial charge in [0.25, 0.3) is 0 Å². The van der Waals surface area contributed by atoms with E-state index < -0.39 is 5.41 Å². The Morgan fingerprint density at radius 3 is 1.54 bits per heavy atom. The molecule has 1 aliphatic rings. The zero-order valence-electron chi connectivity index (χ0n) is 33.4. The lowest BCUT2D eigenvalue weighted by atomic mass is 9.80. The zero-order chi connectivity index (χ0) is 39.1. The molecule has 1 aliphatic carbocycles. The summed E-state index contributed by atoms with van der Waals surface area (Å²) in [5, 5.41) is 0. The summed E-state index contributed by atoms with van der Waals surface area (Å²) in [5.74, 6) is 14.5. The van der Waals surface area contributed by atoms with E-state index in [1.165, 1.54) is 81.4 Å². The van der Waals surface area contributed by atoms with Gasteiger partial charge in [0.15, 0.2) is 0 Å². The van der Waals surface area contributed by atoms with Crippen LogP contribution in [0.1, 0.15) is 74.3 Å². The maximum absolute atomic E-state index is 5.42. The average molecular weight is 727 g/mol. The first-order valence-corrected chi connectivity index (χ1v) is 20.0. The molecule has 0 heterocycles. The van der Waals surface area contributed by atoms with Gasteiger partial charge < -0.3 is 9.80 Å². The van der Waals surface area contributed by atoms with Crippen LogP contribution < -0.4 is 9.80 Å². The molecule has 0 bridgehead atoms. The third-order valence-corrected chi connectivity index (χ3v) is 11.2. The topological polar surface area (TPSA) is 6.48 Å². The van der Waals surface area contributed by atoms with E-state index in [2.05, 4.69) is 208 Å². The summed E-state index contributed by atoms with van der Waals surface area (Å²) in [6.45, 7) is 8.83. The fourth-order valence-corrected chi connectivity index (χ4v) is 7.87. The molecular weight excluding hydrogens is 677 g/mol. The van der Waals surface area contributed by atoms with Gasteiger partial charge in [0.2, 0.25) is 0 Å². The number of hydrogen-bond acceptors (Lipinski definition) is 2. The molecule has 0 aromatic heterocycles. The molecule has 0 saturated carbocycles. The van der Waals surface area contributed by atoms with E-state index in [9.17, 15) is 0 Å². The number of anilines is 5. The van der Waals surface area contributed by atoms with Crippen LogP contribution in [-0.2, 0) is 18.3 Å². The summed E-state index contributed by atoms with van der Waals surface area (Å²) in [6.07, 6.45) is 12.4. The van der Waals surface area contributed by atoms with E-state index in [4.69, 9.17) is 6.42 Å². The van der Waals surface area contributed by atoms with E-state index >= 15 is 0 Å². The maximum atomic E-state index is 5.42. The highest BCUT2D eigenvalue weighted by atomic mass is 15.1. The van der Waals surface area contributed by atoms with Crippen LogP contribution in [0, 0.1) is 42.9 Å². The van der Waals surface area contributed by atoms with Crippen molar-refractivity contribution in [3.63, 3.8) is 0 Å². The van der Waals surface area contributed by atoms with Crippen molar-refractivity contribution in [2.45, 2.75) is 71.6 Å². The van der Waals surface area contributed by atoms with E-state index in [1.54, 1.807) is 0 Å². The zero-order valence-corrected chi connectivity index (χ0v) is 33.4. The molecule has 7 rings (SSSR count). The summed E-state index contributed by atoms with van der Waals surface area (Å²) in [5.41, 5.74) is 16.2. The average Bonchev–Trinajstić information content (AvgIpc) is 3.48. The van der Waals surface area contributed by atoms with Crippen LogP contribution in [0.15, 0.2) is 133 Å². The van der Waals surface area contributed by atoms with Crippen molar-refractivity contribution in [3.8, 4) is 58.3 Å². The fourth-order valence-electron chi connectivity index (χ4n) is 7.87. The number of benzene rings is 6. The minimum atomic E-state index is -0.548. The molecule has 2 heteroatoms. The molecule has 0 aliphatic heterocycles. The molecule has 0 saturated heterocycles. The smallest absolute Gasteiger partial charge is 0.0806 e. The monoisotopic (exact) mass is 726 g/mol. The summed E-state index contributed by atoms with van der Waals surface area (Å²) in [7, 11) is 2.14. The van der Waals surface area contributed by atoms with Gasteiger partial charge in [-0.1, -0.05) is 111 Å². The predicted octanol–water partition coefficient (Wildman–Crippen LogP) is 13.5. The second-order valence-corrected chi connectivity index (χ2v) is 15.1. The minimum absolute atomic E-state index is 0.548. The van der Waals surface area contributed by atoms with Gasteiger partial charge in [0.05, 0.1) is 5.41 Å². The lowest BCUT2D eigenvalue weighted by molar-refractivity contribution is 0.777. The van der Waals surface area contributed by atoms with Gasteiger partial charge in [-0.05, 0) is 168 Å². The Morgan fingerprint density at radius 1 is 0.536 bits per heavy atom. The number of hydrogen-bond donors (Lipinski definition) is 0. The first kappa shape index (κ1) is 37.9. The van der Waals surface area contributed by atoms with Crippen LogP contribution in [-0.4, -0.2) is 7.05 Å². The first-order valence-electron chi connectivity index (χ1n) is 20.0. The van der Waals surface area contributed by atoms with Gasteiger partial charge in [-0.25, -0.2) is 0 Å². The molecule has 0 N–H and O–H groups in total.